The van der Waals surface area contributed by atoms with E-state index in [-0.39, 0.29) is 11.9 Å². The summed E-state index contributed by atoms with van der Waals surface area (Å²) in [4.78, 5) is 15.6. The zero-order valence-electron chi connectivity index (χ0n) is 18.1. The fourth-order valence-corrected chi connectivity index (χ4v) is 4.66. The number of methoxy groups -OCH3 is 3. The second-order valence-electron chi connectivity index (χ2n) is 8.17. The lowest BCUT2D eigenvalue weighted by atomic mass is 9.86. The zero-order valence-corrected chi connectivity index (χ0v) is 18.1. The van der Waals surface area contributed by atoms with Crippen LogP contribution in [0.2, 0.25) is 0 Å². The molecule has 1 amide bonds. The Morgan fingerprint density at radius 3 is 2.33 bits per heavy atom. The van der Waals surface area contributed by atoms with Crippen LogP contribution in [0.4, 0.5) is 0 Å². The molecule has 0 heterocycles. The van der Waals surface area contributed by atoms with E-state index in [9.17, 15) is 4.79 Å². The summed E-state index contributed by atoms with van der Waals surface area (Å²) in [5.74, 6) is 2.07. The first-order chi connectivity index (χ1) is 14.7. The average molecular weight is 410 g/mol. The number of fused-ring (bicyclic) bond motifs is 1. The highest BCUT2D eigenvalue weighted by molar-refractivity contribution is 5.78. The zero-order chi connectivity index (χ0) is 21.1. The first-order valence-corrected chi connectivity index (χ1v) is 10.8. The van der Waals surface area contributed by atoms with E-state index in [0.29, 0.717) is 36.1 Å². The van der Waals surface area contributed by atoms with Gasteiger partial charge in [-0.3, -0.25) is 4.79 Å². The van der Waals surface area contributed by atoms with E-state index in [2.05, 4.69) is 29.2 Å². The van der Waals surface area contributed by atoms with Crippen molar-refractivity contribution < 1.29 is 19.0 Å². The predicted octanol–water partition coefficient (Wildman–Crippen LogP) is 4.71. The van der Waals surface area contributed by atoms with Crippen molar-refractivity contribution in [3.63, 3.8) is 0 Å². The maximum Gasteiger partial charge on any atom is 0.223 e. The van der Waals surface area contributed by atoms with Crippen LogP contribution < -0.4 is 14.2 Å². The monoisotopic (exact) mass is 409 g/mol. The Morgan fingerprint density at radius 1 is 1.00 bits per heavy atom. The third-order valence-electron chi connectivity index (χ3n) is 6.25. The molecular weight excluding hydrogens is 378 g/mol. The molecule has 4 rings (SSSR count). The molecule has 1 fully saturated rings. The van der Waals surface area contributed by atoms with Crippen LogP contribution in [-0.4, -0.2) is 38.2 Å². The van der Waals surface area contributed by atoms with Gasteiger partial charge in [-0.05, 0) is 67.3 Å². The molecule has 0 N–H and O–H groups in total. The standard InChI is InChI=1S/C25H31NO4/c1-28-22-15-17(16-23(29-2)25(22)30-3)11-14-24(27)26(19-12-13-19)21-10-6-8-18-7-4-5-9-20(18)21/h4-5,7,9,15-16,19,21H,6,8,10-14H2,1-3H3. The van der Waals surface area contributed by atoms with Gasteiger partial charge in [-0.2, -0.15) is 0 Å². The molecule has 30 heavy (non-hydrogen) atoms. The van der Waals surface area contributed by atoms with Crippen LogP contribution in [0.3, 0.4) is 0 Å². The fraction of sp³-hybridized carbons (Fsp3) is 0.480. The molecule has 2 aromatic carbocycles. The molecule has 0 radical (unpaired) electrons. The quantitative estimate of drug-likeness (QED) is 0.633. The van der Waals surface area contributed by atoms with Crippen LogP contribution >= 0.6 is 0 Å². The molecule has 2 aromatic rings. The lowest BCUT2D eigenvalue weighted by Gasteiger charge is -2.36. The van der Waals surface area contributed by atoms with Crippen LogP contribution in [0.25, 0.3) is 0 Å². The van der Waals surface area contributed by atoms with E-state index in [1.165, 1.54) is 11.1 Å². The molecule has 1 unspecified atom stereocenters. The van der Waals surface area contributed by atoms with Crippen LogP contribution in [0.5, 0.6) is 17.2 Å². The van der Waals surface area contributed by atoms with Gasteiger partial charge in [0.05, 0.1) is 27.4 Å². The summed E-state index contributed by atoms with van der Waals surface area (Å²) in [6.07, 6.45) is 6.68. The molecule has 5 nitrogen and oxygen atoms in total. The summed E-state index contributed by atoms with van der Waals surface area (Å²) in [7, 11) is 4.82. The summed E-state index contributed by atoms with van der Waals surface area (Å²) in [6.45, 7) is 0. The van der Waals surface area contributed by atoms with Gasteiger partial charge in [0.25, 0.3) is 0 Å². The minimum atomic E-state index is 0.217. The number of aryl methyl sites for hydroxylation is 2. The highest BCUT2D eigenvalue weighted by Crippen LogP contribution is 2.42. The minimum Gasteiger partial charge on any atom is -0.493 e. The van der Waals surface area contributed by atoms with Gasteiger partial charge in [0, 0.05) is 12.5 Å². The Kier molecular flexibility index (Phi) is 6.16. The SMILES string of the molecule is COc1cc(CCC(=O)N(C2CC2)C2CCCc3ccccc32)cc(OC)c1OC. The van der Waals surface area contributed by atoms with Crippen molar-refractivity contribution in [1.82, 2.24) is 4.90 Å². The third kappa shape index (κ3) is 4.11. The van der Waals surface area contributed by atoms with Crippen LogP contribution in [0.1, 0.15) is 54.8 Å². The number of carbonyl (C=O) groups is 1. The van der Waals surface area contributed by atoms with Gasteiger partial charge in [-0.15, -0.1) is 0 Å². The van der Waals surface area contributed by atoms with E-state index in [1.54, 1.807) is 21.3 Å². The minimum absolute atomic E-state index is 0.217. The van der Waals surface area contributed by atoms with Crippen LogP contribution in [0, 0.1) is 0 Å². The molecule has 0 spiro atoms. The van der Waals surface area contributed by atoms with Gasteiger partial charge >= 0.3 is 0 Å². The number of ether oxygens (including phenoxy) is 3. The highest BCUT2D eigenvalue weighted by Gasteiger charge is 2.39. The Bertz CT molecular complexity index is 881. The van der Waals surface area contributed by atoms with Crippen molar-refractivity contribution in [2.24, 2.45) is 0 Å². The number of rotatable bonds is 8. The predicted molar refractivity (Wildman–Crippen MR) is 116 cm³/mol. The fourth-order valence-electron chi connectivity index (χ4n) is 4.66. The Labute approximate surface area is 178 Å². The van der Waals surface area contributed by atoms with E-state index in [4.69, 9.17) is 14.2 Å². The number of nitrogens with zero attached hydrogens (tertiary/aromatic N) is 1. The maximum absolute atomic E-state index is 13.4. The first kappa shape index (κ1) is 20.6. The highest BCUT2D eigenvalue weighted by atomic mass is 16.5. The van der Waals surface area contributed by atoms with Crippen molar-refractivity contribution in [3.8, 4) is 17.2 Å². The largest absolute Gasteiger partial charge is 0.493 e. The second-order valence-corrected chi connectivity index (χ2v) is 8.17. The molecular formula is C25H31NO4. The second kappa shape index (κ2) is 8.99. The number of hydrogen-bond donors (Lipinski definition) is 0. The van der Waals surface area contributed by atoms with Gasteiger partial charge in [-0.25, -0.2) is 0 Å². The number of amides is 1. The summed E-state index contributed by atoms with van der Waals surface area (Å²) in [5, 5.41) is 0. The molecule has 2 aliphatic carbocycles. The average Bonchev–Trinajstić information content (AvgIpc) is 3.62. The van der Waals surface area contributed by atoms with Crippen molar-refractivity contribution in [3.05, 3.63) is 53.1 Å². The van der Waals surface area contributed by atoms with Crippen LogP contribution in [0.15, 0.2) is 36.4 Å². The summed E-state index contributed by atoms with van der Waals surface area (Å²) in [6, 6.07) is 13.1. The van der Waals surface area contributed by atoms with Crippen molar-refractivity contribution in [2.45, 2.75) is 57.0 Å². The van der Waals surface area contributed by atoms with E-state index >= 15 is 0 Å². The van der Waals surface area contributed by atoms with E-state index in [1.807, 2.05) is 12.1 Å². The smallest absolute Gasteiger partial charge is 0.223 e. The van der Waals surface area contributed by atoms with E-state index < -0.39 is 0 Å². The van der Waals surface area contributed by atoms with Crippen LogP contribution in [-0.2, 0) is 17.6 Å². The van der Waals surface area contributed by atoms with Gasteiger partial charge in [0.1, 0.15) is 0 Å². The molecule has 0 aliphatic heterocycles. The molecule has 1 atom stereocenters. The molecule has 1 saturated carbocycles. The number of carbonyl (C=O) groups excluding carboxylic acids is 1. The Morgan fingerprint density at radius 2 is 1.70 bits per heavy atom. The number of benzene rings is 2. The van der Waals surface area contributed by atoms with Crippen molar-refractivity contribution >= 4 is 5.91 Å². The molecule has 160 valence electrons. The lowest BCUT2D eigenvalue weighted by Crippen LogP contribution is -2.38. The Hall–Kier alpha value is -2.69. The van der Waals surface area contributed by atoms with Crippen molar-refractivity contribution in [2.75, 3.05) is 21.3 Å². The summed E-state index contributed by atoms with van der Waals surface area (Å²) in [5.41, 5.74) is 3.76. The van der Waals surface area contributed by atoms with Gasteiger partial charge < -0.3 is 19.1 Å². The van der Waals surface area contributed by atoms with Gasteiger partial charge in [0.2, 0.25) is 11.7 Å². The lowest BCUT2D eigenvalue weighted by molar-refractivity contribution is -0.134. The summed E-state index contributed by atoms with van der Waals surface area (Å²) >= 11 is 0. The molecule has 2 aliphatic rings. The summed E-state index contributed by atoms with van der Waals surface area (Å²) < 4.78 is 16.3. The number of hydrogen-bond acceptors (Lipinski definition) is 4. The third-order valence-corrected chi connectivity index (χ3v) is 6.25. The van der Waals surface area contributed by atoms with Gasteiger partial charge in [0.15, 0.2) is 11.5 Å². The normalized spacial score (nSPS) is 17.8. The van der Waals surface area contributed by atoms with E-state index in [0.717, 1.165) is 37.7 Å². The molecule has 0 saturated heterocycles. The topological polar surface area (TPSA) is 48.0 Å². The van der Waals surface area contributed by atoms with Crippen molar-refractivity contribution in [1.29, 1.82) is 0 Å². The molecule has 5 heteroatoms. The molecule has 0 bridgehead atoms. The Balaban J connectivity index is 1.52. The first-order valence-electron chi connectivity index (χ1n) is 10.8. The van der Waals surface area contributed by atoms with Gasteiger partial charge in [-0.1, -0.05) is 24.3 Å². The maximum atomic E-state index is 13.4. The molecule has 0 aromatic heterocycles.